The molecule has 0 bridgehead atoms. The quantitative estimate of drug-likeness (QED) is 0.526. The topological polar surface area (TPSA) is 60.3 Å². The van der Waals surface area contributed by atoms with Gasteiger partial charge in [0.1, 0.15) is 5.75 Å². The minimum Gasteiger partial charge on any atom is -0.493 e. The lowest BCUT2D eigenvalue weighted by atomic mass is 10.1. The molecule has 0 fully saturated rings. The van der Waals surface area contributed by atoms with Gasteiger partial charge in [-0.15, -0.1) is 0 Å². The Morgan fingerprint density at radius 3 is 2.57 bits per heavy atom. The minimum absolute atomic E-state index is 0.00577. The summed E-state index contributed by atoms with van der Waals surface area (Å²) >= 11 is 0. The number of anilines is 1. The number of aromatic nitrogens is 1. The van der Waals surface area contributed by atoms with Crippen LogP contribution in [0.1, 0.15) is 36.0 Å². The Labute approximate surface area is 177 Å². The largest absolute Gasteiger partial charge is 0.493 e. The Balaban J connectivity index is 1.39. The van der Waals surface area contributed by atoms with Crippen molar-refractivity contribution in [2.45, 2.75) is 39.7 Å². The normalized spacial score (nSPS) is 10.6. The number of benzene rings is 2. The first-order chi connectivity index (χ1) is 14.5. The average molecular weight is 405 g/mol. The van der Waals surface area contributed by atoms with E-state index in [4.69, 9.17) is 4.74 Å². The molecule has 1 aromatic heterocycles. The second kappa shape index (κ2) is 10.4. The van der Waals surface area contributed by atoms with Gasteiger partial charge in [-0.2, -0.15) is 0 Å². The molecule has 3 aromatic rings. The van der Waals surface area contributed by atoms with Gasteiger partial charge >= 0.3 is 0 Å². The molecule has 0 radical (unpaired) electrons. The van der Waals surface area contributed by atoms with Gasteiger partial charge in [0, 0.05) is 24.4 Å². The summed E-state index contributed by atoms with van der Waals surface area (Å²) in [7, 11) is 0. The molecule has 156 valence electrons. The van der Waals surface area contributed by atoms with Crippen molar-refractivity contribution in [3.63, 3.8) is 0 Å². The number of carbonyl (C=O) groups is 1. The Morgan fingerprint density at radius 2 is 1.80 bits per heavy atom. The second-order valence-corrected chi connectivity index (χ2v) is 7.49. The maximum Gasteiger partial charge on any atom is 0.250 e. The predicted molar refractivity (Wildman–Crippen MR) is 120 cm³/mol. The van der Waals surface area contributed by atoms with Crippen LogP contribution < -0.4 is 15.6 Å². The summed E-state index contributed by atoms with van der Waals surface area (Å²) in [6.45, 7) is 5.19. The lowest BCUT2D eigenvalue weighted by molar-refractivity contribution is -0.116. The molecule has 2 aromatic carbocycles. The molecular formula is C25H28N2O3. The number of amides is 1. The van der Waals surface area contributed by atoms with Crippen LogP contribution in [0.25, 0.3) is 0 Å². The predicted octanol–water partition coefficient (Wildman–Crippen LogP) is 4.70. The number of aryl methyl sites for hydroxylation is 2. The first-order valence-corrected chi connectivity index (χ1v) is 10.3. The number of rotatable bonds is 9. The molecule has 1 heterocycles. The zero-order valence-corrected chi connectivity index (χ0v) is 17.6. The number of pyridine rings is 1. The zero-order valence-electron chi connectivity index (χ0n) is 17.6. The molecule has 1 amide bonds. The summed E-state index contributed by atoms with van der Waals surface area (Å²) in [6, 6.07) is 18.9. The maximum absolute atomic E-state index is 12.2. The molecule has 0 aliphatic heterocycles. The number of ether oxygens (including phenoxy) is 1. The van der Waals surface area contributed by atoms with E-state index < -0.39 is 0 Å². The van der Waals surface area contributed by atoms with E-state index in [0.717, 1.165) is 35.4 Å². The molecule has 0 aliphatic carbocycles. The molecular weight excluding hydrogens is 376 g/mol. The van der Waals surface area contributed by atoms with Crippen molar-refractivity contribution in [2.24, 2.45) is 0 Å². The van der Waals surface area contributed by atoms with Crippen LogP contribution in [-0.2, 0) is 11.3 Å². The van der Waals surface area contributed by atoms with Crippen LogP contribution in [0, 0.1) is 13.8 Å². The number of nitrogens with one attached hydrogen (secondary N) is 1. The highest BCUT2D eigenvalue weighted by Crippen LogP contribution is 2.19. The van der Waals surface area contributed by atoms with Crippen LogP contribution in [0.2, 0.25) is 0 Å². The van der Waals surface area contributed by atoms with E-state index in [0.29, 0.717) is 19.6 Å². The maximum atomic E-state index is 12.2. The van der Waals surface area contributed by atoms with Gasteiger partial charge in [-0.1, -0.05) is 30.3 Å². The number of unbranched alkanes of at least 4 members (excludes halogenated alkanes) is 1. The molecule has 1 N–H and O–H groups in total. The zero-order chi connectivity index (χ0) is 21.3. The number of carbonyl (C=O) groups excluding carboxylic acids is 1. The van der Waals surface area contributed by atoms with Crippen LogP contribution in [-0.4, -0.2) is 17.1 Å². The molecule has 0 saturated heterocycles. The van der Waals surface area contributed by atoms with Crippen LogP contribution in [0.3, 0.4) is 0 Å². The Kier molecular flexibility index (Phi) is 7.44. The van der Waals surface area contributed by atoms with Crippen LogP contribution in [0.5, 0.6) is 5.75 Å². The molecule has 0 aliphatic rings. The standard InChI is InChI=1S/C25H28N2O3/c1-19-9-10-20(2)23(17-19)30-16-6-4-7-24(28)26-22-13-11-21(12-14-22)18-27-15-5-3-8-25(27)29/h3,5,8-15,17H,4,6-7,16,18H2,1-2H3,(H,26,28). The van der Waals surface area contributed by atoms with Crippen LogP contribution in [0.15, 0.2) is 71.7 Å². The molecule has 5 heteroatoms. The summed E-state index contributed by atoms with van der Waals surface area (Å²) in [5.41, 5.74) is 4.04. The smallest absolute Gasteiger partial charge is 0.250 e. The fraction of sp³-hybridized carbons (Fsp3) is 0.280. The van der Waals surface area contributed by atoms with Gasteiger partial charge in [-0.25, -0.2) is 0 Å². The lowest BCUT2D eigenvalue weighted by Gasteiger charge is -2.10. The van der Waals surface area contributed by atoms with Crippen molar-refractivity contribution < 1.29 is 9.53 Å². The Morgan fingerprint density at radius 1 is 1.00 bits per heavy atom. The summed E-state index contributed by atoms with van der Waals surface area (Å²) in [5.74, 6) is 0.908. The average Bonchev–Trinajstić information content (AvgIpc) is 2.73. The number of hydrogen-bond acceptors (Lipinski definition) is 3. The summed E-state index contributed by atoms with van der Waals surface area (Å²) in [6.07, 6.45) is 3.82. The van der Waals surface area contributed by atoms with Crippen molar-refractivity contribution in [1.82, 2.24) is 4.57 Å². The van der Waals surface area contributed by atoms with Gasteiger partial charge in [-0.05, 0) is 67.6 Å². The SMILES string of the molecule is Cc1ccc(C)c(OCCCCC(=O)Nc2ccc(Cn3ccccc3=O)cc2)c1. The van der Waals surface area contributed by atoms with E-state index in [9.17, 15) is 9.59 Å². The van der Waals surface area contributed by atoms with E-state index in [1.807, 2.05) is 50.2 Å². The minimum atomic E-state index is -0.0311. The summed E-state index contributed by atoms with van der Waals surface area (Å²) in [5, 5.41) is 2.92. The van der Waals surface area contributed by atoms with E-state index in [2.05, 4.69) is 17.4 Å². The molecule has 0 spiro atoms. The highest BCUT2D eigenvalue weighted by atomic mass is 16.5. The number of hydrogen-bond donors (Lipinski definition) is 1. The van der Waals surface area contributed by atoms with Gasteiger partial charge in [0.25, 0.3) is 5.56 Å². The third kappa shape index (κ3) is 6.34. The fourth-order valence-corrected chi connectivity index (χ4v) is 3.14. The van der Waals surface area contributed by atoms with Crippen molar-refractivity contribution in [1.29, 1.82) is 0 Å². The van der Waals surface area contributed by atoms with Gasteiger partial charge in [0.05, 0.1) is 13.2 Å². The summed E-state index contributed by atoms with van der Waals surface area (Å²) in [4.78, 5) is 24.0. The van der Waals surface area contributed by atoms with Crippen LogP contribution in [0.4, 0.5) is 5.69 Å². The van der Waals surface area contributed by atoms with E-state index in [1.54, 1.807) is 22.9 Å². The van der Waals surface area contributed by atoms with Gasteiger partial charge in [-0.3, -0.25) is 9.59 Å². The summed E-state index contributed by atoms with van der Waals surface area (Å²) < 4.78 is 7.48. The third-order valence-electron chi connectivity index (χ3n) is 4.89. The van der Waals surface area contributed by atoms with Crippen LogP contribution >= 0.6 is 0 Å². The second-order valence-electron chi connectivity index (χ2n) is 7.49. The highest BCUT2D eigenvalue weighted by molar-refractivity contribution is 5.90. The molecule has 30 heavy (non-hydrogen) atoms. The molecule has 0 unspecified atom stereocenters. The molecule has 3 rings (SSSR count). The van der Waals surface area contributed by atoms with Gasteiger partial charge in [0.2, 0.25) is 5.91 Å². The Bertz CT molecular complexity index is 1040. The van der Waals surface area contributed by atoms with Gasteiger partial charge < -0.3 is 14.6 Å². The van der Waals surface area contributed by atoms with Gasteiger partial charge in [0.15, 0.2) is 0 Å². The Hall–Kier alpha value is -3.34. The van der Waals surface area contributed by atoms with Crippen molar-refractivity contribution in [3.05, 3.63) is 93.9 Å². The van der Waals surface area contributed by atoms with E-state index >= 15 is 0 Å². The fourth-order valence-electron chi connectivity index (χ4n) is 3.14. The molecule has 0 saturated carbocycles. The van der Waals surface area contributed by atoms with Crippen molar-refractivity contribution >= 4 is 11.6 Å². The molecule has 0 atom stereocenters. The molecule has 5 nitrogen and oxygen atoms in total. The first-order valence-electron chi connectivity index (χ1n) is 10.3. The first kappa shape index (κ1) is 21.4. The highest BCUT2D eigenvalue weighted by Gasteiger charge is 2.04. The van der Waals surface area contributed by atoms with Crippen molar-refractivity contribution in [2.75, 3.05) is 11.9 Å². The number of nitrogens with zero attached hydrogens (tertiary/aromatic N) is 1. The monoisotopic (exact) mass is 404 g/mol. The lowest BCUT2D eigenvalue weighted by Crippen LogP contribution is -2.18. The van der Waals surface area contributed by atoms with E-state index in [-0.39, 0.29) is 11.5 Å². The van der Waals surface area contributed by atoms with E-state index in [1.165, 1.54) is 5.56 Å². The van der Waals surface area contributed by atoms with Crippen molar-refractivity contribution in [3.8, 4) is 5.75 Å². The third-order valence-corrected chi connectivity index (χ3v) is 4.89.